The minimum absolute atomic E-state index is 0.111. The fourth-order valence-electron chi connectivity index (χ4n) is 2.11. The zero-order valence-electron chi connectivity index (χ0n) is 12.2. The van der Waals surface area contributed by atoms with Crippen molar-refractivity contribution in [3.63, 3.8) is 0 Å². The molecular formula is C16H13FN4O2. The highest BCUT2D eigenvalue weighted by molar-refractivity contribution is 5.89. The van der Waals surface area contributed by atoms with E-state index in [4.69, 9.17) is 10.5 Å². The van der Waals surface area contributed by atoms with Crippen LogP contribution < -0.4 is 10.5 Å². The smallest absolute Gasteiger partial charge is 0.288 e. The van der Waals surface area contributed by atoms with E-state index >= 15 is 0 Å². The summed E-state index contributed by atoms with van der Waals surface area (Å²) in [6.07, 6.45) is 0. The molecule has 3 aromatic rings. The number of hydrogen-bond donors (Lipinski definition) is 1. The number of nitrogens with zero attached hydrogens (tertiary/aromatic N) is 3. The second-order valence-electron chi connectivity index (χ2n) is 4.74. The number of halogens is 1. The minimum Gasteiger partial charge on any atom is -0.497 e. The number of rotatable bonds is 4. The molecule has 0 unspecified atom stereocenters. The fourth-order valence-corrected chi connectivity index (χ4v) is 2.11. The molecule has 0 saturated heterocycles. The standard InChI is InChI=1S/C16H13FN4O2/c1-23-13-8-6-12(7-9-13)21-16(19-15(20-21)14(18)22)10-2-4-11(17)5-3-10/h2-9H,1H3,(H2,18,22). The molecule has 7 heteroatoms. The molecule has 0 bridgehead atoms. The van der Waals surface area contributed by atoms with Crippen LogP contribution in [0.25, 0.3) is 17.1 Å². The van der Waals surface area contributed by atoms with Crippen molar-refractivity contribution in [1.82, 2.24) is 14.8 Å². The summed E-state index contributed by atoms with van der Waals surface area (Å²) in [4.78, 5) is 15.5. The van der Waals surface area contributed by atoms with Gasteiger partial charge in [0.1, 0.15) is 11.6 Å². The summed E-state index contributed by atoms with van der Waals surface area (Å²) >= 11 is 0. The van der Waals surface area contributed by atoms with Gasteiger partial charge in [0.25, 0.3) is 5.91 Å². The minimum atomic E-state index is -0.736. The normalized spacial score (nSPS) is 10.5. The Labute approximate surface area is 131 Å². The fraction of sp³-hybridized carbons (Fsp3) is 0.0625. The lowest BCUT2D eigenvalue weighted by Gasteiger charge is -2.07. The molecule has 0 spiro atoms. The number of aromatic nitrogens is 3. The van der Waals surface area contributed by atoms with Gasteiger partial charge in [-0.25, -0.2) is 14.1 Å². The first-order chi connectivity index (χ1) is 11.1. The number of methoxy groups -OCH3 is 1. The zero-order valence-corrected chi connectivity index (χ0v) is 12.2. The number of ether oxygens (including phenoxy) is 1. The summed E-state index contributed by atoms with van der Waals surface area (Å²) in [6.45, 7) is 0. The third-order valence-electron chi connectivity index (χ3n) is 3.25. The van der Waals surface area contributed by atoms with Crippen molar-refractivity contribution in [3.8, 4) is 22.8 Å². The molecule has 0 radical (unpaired) electrons. The van der Waals surface area contributed by atoms with E-state index in [0.29, 0.717) is 22.8 Å². The van der Waals surface area contributed by atoms with Crippen LogP contribution in [0.3, 0.4) is 0 Å². The Bertz CT molecular complexity index is 842. The van der Waals surface area contributed by atoms with Crippen molar-refractivity contribution < 1.29 is 13.9 Å². The second-order valence-corrected chi connectivity index (χ2v) is 4.74. The molecule has 23 heavy (non-hydrogen) atoms. The van der Waals surface area contributed by atoms with E-state index < -0.39 is 5.91 Å². The van der Waals surface area contributed by atoms with Crippen LogP contribution in [-0.4, -0.2) is 27.8 Å². The molecule has 0 aliphatic rings. The van der Waals surface area contributed by atoms with E-state index in [1.807, 2.05) is 0 Å². The van der Waals surface area contributed by atoms with Crippen molar-refractivity contribution in [2.75, 3.05) is 7.11 Å². The molecule has 6 nitrogen and oxygen atoms in total. The lowest BCUT2D eigenvalue weighted by molar-refractivity contribution is 0.0990. The largest absolute Gasteiger partial charge is 0.497 e. The predicted octanol–water partition coefficient (Wildman–Crippen LogP) is 2.18. The number of carbonyl (C=O) groups excluding carboxylic acids is 1. The molecule has 0 saturated carbocycles. The van der Waals surface area contributed by atoms with Crippen LogP contribution in [0.15, 0.2) is 48.5 Å². The van der Waals surface area contributed by atoms with Crippen molar-refractivity contribution in [2.45, 2.75) is 0 Å². The topological polar surface area (TPSA) is 83.0 Å². The highest BCUT2D eigenvalue weighted by Crippen LogP contribution is 2.23. The molecule has 2 aromatic carbocycles. The first kappa shape index (κ1) is 14.7. The Morgan fingerprint density at radius 2 is 1.78 bits per heavy atom. The van der Waals surface area contributed by atoms with Crippen LogP contribution >= 0.6 is 0 Å². The summed E-state index contributed by atoms with van der Waals surface area (Å²) in [5, 5.41) is 4.13. The van der Waals surface area contributed by atoms with Crippen molar-refractivity contribution >= 4 is 5.91 Å². The first-order valence-electron chi connectivity index (χ1n) is 6.75. The molecule has 1 heterocycles. The SMILES string of the molecule is COc1ccc(-n2nc(C(N)=O)nc2-c2ccc(F)cc2)cc1. The number of carbonyl (C=O) groups is 1. The molecule has 0 aliphatic carbocycles. The van der Waals surface area contributed by atoms with Gasteiger partial charge in [0, 0.05) is 5.56 Å². The van der Waals surface area contributed by atoms with Gasteiger partial charge in [-0.2, -0.15) is 0 Å². The molecule has 1 amide bonds. The van der Waals surface area contributed by atoms with Crippen LogP contribution in [0.4, 0.5) is 4.39 Å². The van der Waals surface area contributed by atoms with Gasteiger partial charge in [0.2, 0.25) is 5.82 Å². The van der Waals surface area contributed by atoms with E-state index in [9.17, 15) is 9.18 Å². The number of nitrogens with two attached hydrogens (primary N) is 1. The lowest BCUT2D eigenvalue weighted by atomic mass is 10.2. The Balaban J connectivity index is 2.13. The lowest BCUT2D eigenvalue weighted by Crippen LogP contribution is -2.13. The van der Waals surface area contributed by atoms with Crippen LogP contribution in [0.5, 0.6) is 5.75 Å². The molecule has 1 aromatic heterocycles. The quantitative estimate of drug-likeness (QED) is 0.800. The summed E-state index contributed by atoms with van der Waals surface area (Å²) in [6, 6.07) is 12.8. The van der Waals surface area contributed by atoms with E-state index in [2.05, 4.69) is 10.1 Å². The Morgan fingerprint density at radius 3 is 2.35 bits per heavy atom. The van der Waals surface area contributed by atoms with E-state index in [1.54, 1.807) is 43.5 Å². The highest BCUT2D eigenvalue weighted by atomic mass is 19.1. The van der Waals surface area contributed by atoms with Gasteiger partial charge in [-0.15, -0.1) is 5.10 Å². The number of benzene rings is 2. The molecule has 0 aliphatic heterocycles. The Hall–Kier alpha value is -3.22. The second kappa shape index (κ2) is 5.88. The average Bonchev–Trinajstić information content (AvgIpc) is 3.01. The van der Waals surface area contributed by atoms with Crippen LogP contribution in [0.2, 0.25) is 0 Å². The number of primary amides is 1. The van der Waals surface area contributed by atoms with Crippen molar-refractivity contribution in [3.05, 3.63) is 60.2 Å². The monoisotopic (exact) mass is 312 g/mol. The predicted molar refractivity (Wildman–Crippen MR) is 81.8 cm³/mol. The van der Waals surface area contributed by atoms with E-state index in [0.717, 1.165) is 0 Å². The average molecular weight is 312 g/mol. The highest BCUT2D eigenvalue weighted by Gasteiger charge is 2.16. The van der Waals surface area contributed by atoms with Crippen LogP contribution in [0.1, 0.15) is 10.6 Å². The molecule has 0 atom stereocenters. The van der Waals surface area contributed by atoms with Gasteiger partial charge in [-0.1, -0.05) is 0 Å². The van der Waals surface area contributed by atoms with Crippen molar-refractivity contribution in [1.29, 1.82) is 0 Å². The summed E-state index contributed by atoms with van der Waals surface area (Å²) < 4.78 is 19.7. The molecule has 0 fully saturated rings. The van der Waals surface area contributed by atoms with Gasteiger partial charge in [-0.3, -0.25) is 4.79 Å². The Kier molecular flexibility index (Phi) is 3.76. The third kappa shape index (κ3) is 2.89. The first-order valence-corrected chi connectivity index (χ1v) is 6.75. The third-order valence-corrected chi connectivity index (χ3v) is 3.25. The molecule has 116 valence electrons. The van der Waals surface area contributed by atoms with E-state index in [1.165, 1.54) is 16.8 Å². The molecular weight excluding hydrogens is 299 g/mol. The summed E-state index contributed by atoms with van der Waals surface area (Å²) in [7, 11) is 1.57. The maximum Gasteiger partial charge on any atom is 0.288 e. The maximum absolute atomic E-state index is 13.1. The molecule has 2 N–H and O–H groups in total. The van der Waals surface area contributed by atoms with Gasteiger partial charge < -0.3 is 10.5 Å². The number of amides is 1. The summed E-state index contributed by atoms with van der Waals surface area (Å²) in [5.74, 6) is -0.128. The van der Waals surface area contributed by atoms with Crippen LogP contribution in [0, 0.1) is 5.82 Å². The van der Waals surface area contributed by atoms with Gasteiger partial charge in [0.05, 0.1) is 12.8 Å². The van der Waals surface area contributed by atoms with Crippen LogP contribution in [-0.2, 0) is 0 Å². The molecule has 3 rings (SSSR count). The van der Waals surface area contributed by atoms with Gasteiger partial charge in [-0.05, 0) is 48.5 Å². The van der Waals surface area contributed by atoms with E-state index in [-0.39, 0.29) is 11.6 Å². The summed E-state index contributed by atoms with van der Waals surface area (Å²) in [5.41, 5.74) is 6.55. The zero-order chi connectivity index (χ0) is 16.4. The number of hydrogen-bond acceptors (Lipinski definition) is 4. The van der Waals surface area contributed by atoms with Gasteiger partial charge in [0.15, 0.2) is 5.82 Å². The maximum atomic E-state index is 13.1. The van der Waals surface area contributed by atoms with Crippen molar-refractivity contribution in [2.24, 2.45) is 5.73 Å². The Morgan fingerprint density at radius 1 is 1.13 bits per heavy atom. The van der Waals surface area contributed by atoms with Gasteiger partial charge >= 0.3 is 0 Å².